The summed E-state index contributed by atoms with van der Waals surface area (Å²) < 4.78 is 3.07. The van der Waals surface area contributed by atoms with Crippen LogP contribution in [-0.4, -0.2) is 45.3 Å². The first kappa shape index (κ1) is 12.4. The molecule has 0 atom stereocenters. The number of hydrogen-bond donors (Lipinski definition) is 1. The van der Waals surface area contributed by atoms with E-state index in [0.717, 1.165) is 37.5 Å². The van der Waals surface area contributed by atoms with Crippen LogP contribution >= 0.6 is 11.6 Å². The van der Waals surface area contributed by atoms with Crippen molar-refractivity contribution in [2.45, 2.75) is 0 Å². The predicted octanol–water partition coefficient (Wildman–Crippen LogP) is -0.270. The van der Waals surface area contributed by atoms with Crippen LogP contribution in [0.5, 0.6) is 0 Å². The molecule has 8 heteroatoms. The lowest BCUT2D eigenvalue weighted by Crippen LogP contribution is -2.44. The highest BCUT2D eigenvalue weighted by molar-refractivity contribution is 6.28. The van der Waals surface area contributed by atoms with Gasteiger partial charge >= 0.3 is 5.69 Å². The van der Waals surface area contributed by atoms with Gasteiger partial charge in [0.05, 0.1) is 0 Å². The number of imidazole rings is 1. The van der Waals surface area contributed by atoms with Crippen molar-refractivity contribution in [3.63, 3.8) is 0 Å². The van der Waals surface area contributed by atoms with Gasteiger partial charge in [0.1, 0.15) is 5.52 Å². The minimum absolute atomic E-state index is 0.122. The van der Waals surface area contributed by atoms with Gasteiger partial charge in [-0.1, -0.05) is 0 Å². The number of hydrogen-bond acceptors (Lipinski definition) is 5. The van der Waals surface area contributed by atoms with Crippen LogP contribution in [0.1, 0.15) is 0 Å². The molecule has 0 aromatic carbocycles. The first-order valence-corrected chi connectivity index (χ1v) is 6.52. The van der Waals surface area contributed by atoms with E-state index >= 15 is 0 Å². The third kappa shape index (κ3) is 1.89. The molecular formula is C11H15ClN6O. The third-order valence-electron chi connectivity index (χ3n) is 3.46. The molecule has 0 unspecified atom stereocenters. The summed E-state index contributed by atoms with van der Waals surface area (Å²) in [7, 11) is 3.42. The molecule has 0 aliphatic carbocycles. The van der Waals surface area contributed by atoms with Crippen LogP contribution in [0.15, 0.2) is 4.79 Å². The summed E-state index contributed by atoms with van der Waals surface area (Å²) >= 11 is 5.99. The molecule has 1 aliphatic rings. The van der Waals surface area contributed by atoms with Crippen LogP contribution < -0.4 is 15.9 Å². The zero-order chi connectivity index (χ0) is 13.6. The van der Waals surface area contributed by atoms with Crippen LogP contribution in [0, 0.1) is 0 Å². The second kappa shape index (κ2) is 4.50. The van der Waals surface area contributed by atoms with Crippen LogP contribution in [0.4, 0.5) is 5.82 Å². The number of rotatable bonds is 1. The molecule has 7 nitrogen and oxygen atoms in total. The van der Waals surface area contributed by atoms with Crippen LogP contribution in [0.3, 0.4) is 0 Å². The summed E-state index contributed by atoms with van der Waals surface area (Å²) in [6.07, 6.45) is 0. The Kier molecular flexibility index (Phi) is 2.94. The van der Waals surface area contributed by atoms with E-state index in [1.165, 1.54) is 4.57 Å². The first-order chi connectivity index (χ1) is 9.09. The smallest absolute Gasteiger partial charge is 0.329 e. The van der Waals surface area contributed by atoms with Gasteiger partial charge in [0.15, 0.2) is 11.5 Å². The molecule has 2 aromatic heterocycles. The summed E-state index contributed by atoms with van der Waals surface area (Å²) in [5, 5.41) is 3.46. The minimum atomic E-state index is -0.122. The zero-order valence-electron chi connectivity index (χ0n) is 10.9. The van der Waals surface area contributed by atoms with Crippen molar-refractivity contribution in [2.75, 3.05) is 31.1 Å². The quantitative estimate of drug-likeness (QED) is 0.730. The monoisotopic (exact) mass is 282 g/mol. The minimum Gasteiger partial charge on any atom is -0.352 e. The summed E-state index contributed by atoms with van der Waals surface area (Å²) in [5.41, 5.74) is 1.18. The average molecular weight is 283 g/mol. The van der Waals surface area contributed by atoms with Gasteiger partial charge in [-0.25, -0.2) is 4.79 Å². The first-order valence-electron chi connectivity index (χ1n) is 6.14. The average Bonchev–Trinajstić information content (AvgIpc) is 2.64. The van der Waals surface area contributed by atoms with E-state index in [2.05, 4.69) is 20.2 Å². The lowest BCUT2D eigenvalue weighted by atomic mass is 10.3. The molecule has 0 saturated carbocycles. The van der Waals surface area contributed by atoms with Gasteiger partial charge in [0.2, 0.25) is 5.28 Å². The molecule has 0 spiro atoms. The maximum absolute atomic E-state index is 12.0. The van der Waals surface area contributed by atoms with E-state index in [0.29, 0.717) is 5.65 Å². The molecule has 0 bridgehead atoms. The Morgan fingerprint density at radius 3 is 2.53 bits per heavy atom. The van der Waals surface area contributed by atoms with E-state index in [1.54, 1.807) is 18.7 Å². The highest BCUT2D eigenvalue weighted by Gasteiger charge is 2.21. The second-order valence-corrected chi connectivity index (χ2v) is 4.96. The topological polar surface area (TPSA) is 68.0 Å². The van der Waals surface area contributed by atoms with Gasteiger partial charge in [-0.2, -0.15) is 9.97 Å². The fraction of sp³-hybridized carbons (Fsp3) is 0.545. The van der Waals surface area contributed by atoms with Gasteiger partial charge in [-0.15, -0.1) is 0 Å². The highest BCUT2D eigenvalue weighted by atomic mass is 35.5. The fourth-order valence-corrected chi connectivity index (χ4v) is 2.61. The van der Waals surface area contributed by atoms with Gasteiger partial charge < -0.3 is 10.2 Å². The Hall–Kier alpha value is -1.60. The van der Waals surface area contributed by atoms with Crippen molar-refractivity contribution in [3.05, 3.63) is 15.8 Å². The standard InChI is InChI=1S/C11H15ClN6O/c1-16-7-8(17(2)11(16)19)14-10(12)15-9(7)18-5-3-13-4-6-18/h13H,3-6H2,1-2H3. The number of nitrogens with zero attached hydrogens (tertiary/aromatic N) is 5. The van der Waals surface area contributed by atoms with E-state index in [4.69, 9.17) is 11.6 Å². The van der Waals surface area contributed by atoms with Gasteiger partial charge in [0, 0.05) is 40.3 Å². The van der Waals surface area contributed by atoms with Gasteiger partial charge in [0.25, 0.3) is 0 Å². The maximum Gasteiger partial charge on any atom is 0.329 e. The normalized spacial score (nSPS) is 16.3. The number of aromatic nitrogens is 4. The number of halogens is 1. The molecule has 0 radical (unpaired) electrons. The van der Waals surface area contributed by atoms with Crippen molar-refractivity contribution in [1.29, 1.82) is 0 Å². The number of fused-ring (bicyclic) bond motifs is 1. The SMILES string of the molecule is Cn1c(=O)n(C)c2c(N3CCNCC3)nc(Cl)nc21. The molecule has 1 aliphatic heterocycles. The second-order valence-electron chi connectivity index (χ2n) is 4.63. The molecule has 102 valence electrons. The van der Waals surface area contributed by atoms with Crippen molar-refractivity contribution in [2.24, 2.45) is 14.1 Å². The van der Waals surface area contributed by atoms with E-state index in [-0.39, 0.29) is 11.0 Å². The lowest BCUT2D eigenvalue weighted by molar-refractivity contribution is 0.585. The zero-order valence-corrected chi connectivity index (χ0v) is 11.6. The van der Waals surface area contributed by atoms with Gasteiger partial charge in [-0.05, 0) is 11.6 Å². The van der Waals surface area contributed by atoms with E-state index in [1.807, 2.05) is 0 Å². The Labute approximate surface area is 114 Å². The molecular weight excluding hydrogens is 268 g/mol. The van der Waals surface area contributed by atoms with E-state index < -0.39 is 0 Å². The van der Waals surface area contributed by atoms with Crippen molar-refractivity contribution >= 4 is 28.6 Å². The summed E-state index contributed by atoms with van der Waals surface area (Å²) in [4.78, 5) is 22.6. The number of aryl methyl sites for hydroxylation is 2. The lowest BCUT2D eigenvalue weighted by Gasteiger charge is -2.28. The van der Waals surface area contributed by atoms with E-state index in [9.17, 15) is 4.79 Å². The van der Waals surface area contributed by atoms with Crippen LogP contribution in [-0.2, 0) is 14.1 Å². The molecule has 3 heterocycles. The highest BCUT2D eigenvalue weighted by Crippen LogP contribution is 2.24. The number of piperazine rings is 1. The number of anilines is 1. The fourth-order valence-electron chi connectivity index (χ4n) is 2.45. The predicted molar refractivity (Wildman–Crippen MR) is 73.8 cm³/mol. The molecule has 1 saturated heterocycles. The van der Waals surface area contributed by atoms with Crippen molar-refractivity contribution in [3.8, 4) is 0 Å². The molecule has 19 heavy (non-hydrogen) atoms. The molecule has 1 fully saturated rings. The number of nitrogens with one attached hydrogen (secondary N) is 1. The molecule has 2 aromatic rings. The summed E-state index contributed by atoms with van der Waals surface area (Å²) in [5.74, 6) is 0.733. The largest absolute Gasteiger partial charge is 0.352 e. The molecule has 1 N–H and O–H groups in total. The van der Waals surface area contributed by atoms with Crippen LogP contribution in [0.2, 0.25) is 5.28 Å². The van der Waals surface area contributed by atoms with Gasteiger partial charge in [-0.3, -0.25) is 9.13 Å². The van der Waals surface area contributed by atoms with Crippen LogP contribution in [0.25, 0.3) is 11.2 Å². The van der Waals surface area contributed by atoms with Crippen molar-refractivity contribution in [1.82, 2.24) is 24.4 Å². The Morgan fingerprint density at radius 1 is 1.16 bits per heavy atom. The Balaban J connectivity index is 2.28. The van der Waals surface area contributed by atoms with Crippen molar-refractivity contribution < 1.29 is 0 Å². The third-order valence-corrected chi connectivity index (χ3v) is 3.63. The molecule has 0 amide bonds. The maximum atomic E-state index is 12.0. The molecule has 3 rings (SSSR count). The Morgan fingerprint density at radius 2 is 1.84 bits per heavy atom. The summed E-state index contributed by atoms with van der Waals surface area (Å²) in [6.45, 7) is 3.46. The Bertz CT molecular complexity index is 685. The summed E-state index contributed by atoms with van der Waals surface area (Å²) in [6, 6.07) is 0.